The van der Waals surface area contributed by atoms with Crippen molar-refractivity contribution in [2.75, 3.05) is 25.1 Å². The fraction of sp³-hybridized carbons (Fsp3) is 0.857. The molecule has 1 saturated heterocycles. The number of hydrogen-bond acceptors (Lipinski definition) is 3. The van der Waals surface area contributed by atoms with Crippen molar-refractivity contribution in [2.24, 2.45) is 0 Å². The van der Waals surface area contributed by atoms with Crippen LogP contribution in [-0.2, 0) is 4.79 Å². The maximum atomic E-state index is 11.0. The summed E-state index contributed by atoms with van der Waals surface area (Å²) in [7, 11) is 0. The fourth-order valence-electron chi connectivity index (χ4n) is 1.17. The van der Waals surface area contributed by atoms with Gasteiger partial charge < -0.3 is 0 Å². The molecule has 1 heterocycles. The molecular formula is C7H14N2OS. The highest BCUT2D eigenvalue weighted by Crippen LogP contribution is 2.03. The van der Waals surface area contributed by atoms with E-state index in [4.69, 9.17) is 0 Å². The van der Waals surface area contributed by atoms with Gasteiger partial charge in [0.1, 0.15) is 0 Å². The monoisotopic (exact) mass is 174 g/mol. The van der Waals surface area contributed by atoms with E-state index in [2.05, 4.69) is 5.43 Å². The van der Waals surface area contributed by atoms with Gasteiger partial charge in [-0.05, 0) is 19.1 Å². The molecule has 1 N–H and O–H groups in total. The Bertz CT molecular complexity index is 134. The van der Waals surface area contributed by atoms with E-state index in [9.17, 15) is 4.79 Å². The van der Waals surface area contributed by atoms with Crippen LogP contribution in [0.25, 0.3) is 0 Å². The van der Waals surface area contributed by atoms with Crippen LogP contribution in [0.2, 0.25) is 0 Å². The summed E-state index contributed by atoms with van der Waals surface area (Å²) < 4.78 is 0. The van der Waals surface area contributed by atoms with E-state index in [1.54, 1.807) is 11.8 Å². The molecule has 3 nitrogen and oxygen atoms in total. The van der Waals surface area contributed by atoms with Crippen molar-refractivity contribution in [1.29, 1.82) is 0 Å². The van der Waals surface area contributed by atoms with Gasteiger partial charge in [0.05, 0.1) is 5.75 Å². The Morgan fingerprint density at radius 2 is 2.18 bits per heavy atom. The summed E-state index contributed by atoms with van der Waals surface area (Å²) in [6, 6.07) is 0. The summed E-state index contributed by atoms with van der Waals surface area (Å²) in [5.74, 6) is 0.690. The summed E-state index contributed by atoms with van der Waals surface area (Å²) in [5.41, 5.74) is 2.85. The molecule has 1 aliphatic rings. The van der Waals surface area contributed by atoms with E-state index in [1.807, 2.05) is 11.3 Å². The van der Waals surface area contributed by atoms with Crippen LogP contribution in [0.3, 0.4) is 0 Å². The number of nitrogens with one attached hydrogen (secondary N) is 1. The third-order valence-electron chi connectivity index (χ3n) is 1.66. The predicted molar refractivity (Wildman–Crippen MR) is 47.3 cm³/mol. The van der Waals surface area contributed by atoms with Crippen LogP contribution < -0.4 is 5.43 Å². The van der Waals surface area contributed by atoms with Crippen molar-refractivity contribution in [2.45, 2.75) is 12.8 Å². The van der Waals surface area contributed by atoms with Gasteiger partial charge in [0.15, 0.2) is 0 Å². The van der Waals surface area contributed by atoms with E-state index in [0.717, 1.165) is 13.1 Å². The lowest BCUT2D eigenvalue weighted by molar-refractivity contribution is -0.122. The molecule has 4 heteroatoms. The first-order valence-electron chi connectivity index (χ1n) is 3.86. The molecule has 0 atom stereocenters. The highest BCUT2D eigenvalue weighted by molar-refractivity contribution is 7.99. The number of hydrogen-bond donors (Lipinski definition) is 1. The van der Waals surface area contributed by atoms with E-state index in [0.29, 0.717) is 5.75 Å². The molecule has 0 unspecified atom stereocenters. The molecule has 0 aromatic carbocycles. The quantitative estimate of drug-likeness (QED) is 0.675. The zero-order valence-electron chi connectivity index (χ0n) is 6.80. The lowest BCUT2D eigenvalue weighted by atomic mass is 10.4. The van der Waals surface area contributed by atoms with Crippen LogP contribution in [0.4, 0.5) is 0 Å². The fourth-order valence-corrected chi connectivity index (χ4v) is 1.50. The Balaban J connectivity index is 2.13. The number of thioether (sulfide) groups is 1. The summed E-state index contributed by atoms with van der Waals surface area (Å²) in [6.45, 7) is 2.03. The standard InChI is InChI=1S/C7H14N2OS/c1-11-6-7(10)8-9-4-2-3-5-9/h2-6H2,1H3,(H,8,10). The van der Waals surface area contributed by atoms with Gasteiger partial charge >= 0.3 is 0 Å². The zero-order valence-corrected chi connectivity index (χ0v) is 7.62. The molecule has 1 fully saturated rings. The highest BCUT2D eigenvalue weighted by Gasteiger charge is 2.12. The van der Waals surface area contributed by atoms with Crippen molar-refractivity contribution in [3.05, 3.63) is 0 Å². The first kappa shape index (κ1) is 8.87. The van der Waals surface area contributed by atoms with Crippen LogP contribution in [0.1, 0.15) is 12.8 Å². The van der Waals surface area contributed by atoms with Gasteiger partial charge in [-0.15, -0.1) is 0 Å². The number of carbonyl (C=O) groups excluding carboxylic acids is 1. The Morgan fingerprint density at radius 3 is 2.73 bits per heavy atom. The van der Waals surface area contributed by atoms with Gasteiger partial charge in [-0.1, -0.05) is 0 Å². The van der Waals surface area contributed by atoms with Crippen LogP contribution in [0, 0.1) is 0 Å². The zero-order chi connectivity index (χ0) is 8.10. The Morgan fingerprint density at radius 1 is 1.55 bits per heavy atom. The second kappa shape index (κ2) is 4.62. The minimum absolute atomic E-state index is 0.124. The third-order valence-corrected chi connectivity index (χ3v) is 2.22. The minimum atomic E-state index is 0.124. The Hall–Kier alpha value is -0.220. The number of hydrazine groups is 1. The van der Waals surface area contributed by atoms with Crippen LogP contribution >= 0.6 is 11.8 Å². The summed E-state index contributed by atoms with van der Waals surface area (Å²) >= 11 is 1.55. The van der Waals surface area contributed by atoms with Crippen LogP contribution in [-0.4, -0.2) is 36.0 Å². The molecule has 0 aromatic rings. The van der Waals surface area contributed by atoms with Crippen LogP contribution in [0.15, 0.2) is 0 Å². The molecule has 0 radical (unpaired) electrons. The first-order chi connectivity index (χ1) is 5.33. The normalized spacial score (nSPS) is 18.6. The first-order valence-corrected chi connectivity index (χ1v) is 5.25. The summed E-state index contributed by atoms with van der Waals surface area (Å²) in [4.78, 5) is 11.0. The van der Waals surface area contributed by atoms with Crippen LogP contribution in [0.5, 0.6) is 0 Å². The molecular weight excluding hydrogens is 160 g/mol. The average molecular weight is 174 g/mol. The number of amides is 1. The molecule has 64 valence electrons. The van der Waals surface area contributed by atoms with Gasteiger partial charge in [-0.25, -0.2) is 5.01 Å². The molecule has 0 aromatic heterocycles. The van der Waals surface area contributed by atoms with Gasteiger partial charge in [0, 0.05) is 13.1 Å². The van der Waals surface area contributed by atoms with Crippen molar-refractivity contribution in [3.63, 3.8) is 0 Å². The Labute approximate surface area is 71.5 Å². The van der Waals surface area contributed by atoms with Gasteiger partial charge in [-0.2, -0.15) is 11.8 Å². The van der Waals surface area contributed by atoms with E-state index in [1.165, 1.54) is 12.8 Å². The largest absolute Gasteiger partial charge is 0.288 e. The molecule has 0 aliphatic carbocycles. The third kappa shape index (κ3) is 3.12. The number of carbonyl (C=O) groups is 1. The van der Waals surface area contributed by atoms with Crippen molar-refractivity contribution in [1.82, 2.24) is 10.4 Å². The maximum Gasteiger partial charge on any atom is 0.244 e. The second-order valence-corrected chi connectivity index (χ2v) is 3.53. The van der Waals surface area contributed by atoms with Crippen molar-refractivity contribution in [3.8, 4) is 0 Å². The van der Waals surface area contributed by atoms with Gasteiger partial charge in [-0.3, -0.25) is 10.2 Å². The smallest absolute Gasteiger partial charge is 0.244 e. The number of rotatable bonds is 3. The van der Waals surface area contributed by atoms with Gasteiger partial charge in [0.2, 0.25) is 5.91 Å². The summed E-state index contributed by atoms with van der Waals surface area (Å²) in [6.07, 6.45) is 4.35. The lowest BCUT2D eigenvalue weighted by Gasteiger charge is -2.15. The Kier molecular flexibility index (Phi) is 3.72. The molecule has 1 rings (SSSR count). The predicted octanol–water partition coefficient (Wildman–Crippen LogP) is 0.476. The van der Waals surface area contributed by atoms with E-state index < -0.39 is 0 Å². The van der Waals surface area contributed by atoms with Gasteiger partial charge in [0.25, 0.3) is 0 Å². The van der Waals surface area contributed by atoms with Crippen molar-refractivity contribution >= 4 is 17.7 Å². The summed E-state index contributed by atoms with van der Waals surface area (Å²) in [5, 5.41) is 2.00. The molecule has 0 saturated carbocycles. The second-order valence-electron chi connectivity index (χ2n) is 2.66. The SMILES string of the molecule is CSCC(=O)NN1CCCC1. The molecule has 0 spiro atoms. The molecule has 0 bridgehead atoms. The lowest BCUT2D eigenvalue weighted by Crippen LogP contribution is -2.40. The molecule has 11 heavy (non-hydrogen) atoms. The van der Waals surface area contributed by atoms with Crippen molar-refractivity contribution < 1.29 is 4.79 Å². The minimum Gasteiger partial charge on any atom is -0.288 e. The molecule has 1 aliphatic heterocycles. The van der Waals surface area contributed by atoms with E-state index in [-0.39, 0.29) is 5.91 Å². The topological polar surface area (TPSA) is 32.3 Å². The highest BCUT2D eigenvalue weighted by atomic mass is 32.2. The molecule has 1 amide bonds. The average Bonchev–Trinajstić information content (AvgIpc) is 2.40. The number of nitrogens with zero attached hydrogens (tertiary/aromatic N) is 1. The maximum absolute atomic E-state index is 11.0. The van der Waals surface area contributed by atoms with E-state index >= 15 is 0 Å².